The minimum atomic E-state index is -0.873. The van der Waals surface area contributed by atoms with Crippen molar-refractivity contribution in [1.29, 1.82) is 0 Å². The normalized spacial score (nSPS) is 10.5. The third-order valence-corrected chi connectivity index (χ3v) is 3.33. The van der Waals surface area contributed by atoms with Gasteiger partial charge in [-0.05, 0) is 29.8 Å². The highest BCUT2D eigenvalue weighted by atomic mass is 19.2. The maximum atomic E-state index is 13.3. The lowest BCUT2D eigenvalue weighted by molar-refractivity contribution is 0.507. The zero-order valence-corrected chi connectivity index (χ0v) is 12.9. The van der Waals surface area contributed by atoms with E-state index >= 15 is 0 Å². The fraction of sp³-hybridized carbons (Fsp3) is 0.118. The number of benzene rings is 1. The van der Waals surface area contributed by atoms with Crippen molar-refractivity contribution < 1.29 is 8.78 Å². The van der Waals surface area contributed by atoms with E-state index in [4.69, 9.17) is 0 Å². The minimum Gasteiger partial charge on any atom is -0.366 e. The summed E-state index contributed by atoms with van der Waals surface area (Å²) in [6.45, 7) is 0.305. The van der Waals surface area contributed by atoms with Crippen LogP contribution in [0.5, 0.6) is 0 Å². The molecular formula is C17H15F2N5. The molecule has 24 heavy (non-hydrogen) atoms. The van der Waals surface area contributed by atoms with Crippen molar-refractivity contribution in [2.45, 2.75) is 6.54 Å². The number of halogens is 2. The largest absolute Gasteiger partial charge is 0.366 e. The smallest absolute Gasteiger partial charge is 0.224 e. The van der Waals surface area contributed by atoms with Crippen LogP contribution in [0.15, 0.2) is 48.7 Å². The van der Waals surface area contributed by atoms with Gasteiger partial charge in [-0.1, -0.05) is 12.1 Å². The molecule has 0 saturated heterocycles. The summed E-state index contributed by atoms with van der Waals surface area (Å²) in [5, 5.41) is 5.98. The Bertz CT molecular complexity index is 840. The summed E-state index contributed by atoms with van der Waals surface area (Å²) in [5.41, 5.74) is 1.98. The molecule has 0 aliphatic rings. The number of nitrogens with zero attached hydrogens (tertiary/aromatic N) is 3. The molecule has 0 amide bonds. The molecule has 2 N–H and O–H groups in total. The van der Waals surface area contributed by atoms with Gasteiger partial charge in [0.2, 0.25) is 5.95 Å². The Morgan fingerprint density at radius 2 is 1.83 bits per heavy atom. The first kappa shape index (κ1) is 15.8. The van der Waals surface area contributed by atoms with Gasteiger partial charge in [0.05, 0.1) is 11.4 Å². The minimum absolute atomic E-state index is 0.305. The maximum absolute atomic E-state index is 13.3. The molecule has 5 nitrogen and oxygen atoms in total. The Morgan fingerprint density at radius 1 is 0.958 bits per heavy atom. The Balaban J connectivity index is 1.83. The lowest BCUT2D eigenvalue weighted by atomic mass is 10.2. The second kappa shape index (κ2) is 6.99. The molecule has 0 aliphatic heterocycles. The molecule has 0 bridgehead atoms. The van der Waals surface area contributed by atoms with Crippen LogP contribution in [0.3, 0.4) is 0 Å². The Hall–Kier alpha value is -3.09. The van der Waals surface area contributed by atoms with Gasteiger partial charge in [0.25, 0.3) is 0 Å². The monoisotopic (exact) mass is 327 g/mol. The summed E-state index contributed by atoms with van der Waals surface area (Å²) in [6, 6.07) is 11.1. The van der Waals surface area contributed by atoms with E-state index < -0.39 is 11.6 Å². The molecule has 0 aliphatic carbocycles. The van der Waals surface area contributed by atoms with E-state index in [1.807, 2.05) is 18.2 Å². The van der Waals surface area contributed by atoms with Crippen molar-refractivity contribution in [3.8, 4) is 11.4 Å². The fourth-order valence-electron chi connectivity index (χ4n) is 2.14. The second-order valence-corrected chi connectivity index (χ2v) is 5.03. The number of pyridine rings is 1. The van der Waals surface area contributed by atoms with Crippen molar-refractivity contribution in [1.82, 2.24) is 15.0 Å². The van der Waals surface area contributed by atoms with Gasteiger partial charge in [-0.25, -0.2) is 13.8 Å². The van der Waals surface area contributed by atoms with Crippen LogP contribution in [-0.4, -0.2) is 22.0 Å². The summed E-state index contributed by atoms with van der Waals surface area (Å²) < 4.78 is 26.2. The SMILES string of the molecule is CNc1nc(NCc2ccc(F)c(F)c2)cc(-c2ccccn2)n1. The molecular weight excluding hydrogens is 312 g/mol. The molecule has 3 rings (SSSR count). The molecule has 0 spiro atoms. The van der Waals surface area contributed by atoms with Crippen molar-refractivity contribution in [2.24, 2.45) is 0 Å². The first-order chi connectivity index (χ1) is 11.7. The van der Waals surface area contributed by atoms with Crippen LogP contribution in [-0.2, 0) is 6.54 Å². The third kappa shape index (κ3) is 3.62. The van der Waals surface area contributed by atoms with E-state index in [1.54, 1.807) is 19.3 Å². The summed E-state index contributed by atoms with van der Waals surface area (Å²) in [5.74, 6) is -0.747. The number of hydrogen-bond acceptors (Lipinski definition) is 5. The standard InChI is InChI=1S/C17H15F2N5/c1-20-17-23-15(14-4-2-3-7-21-14)9-16(24-17)22-10-11-5-6-12(18)13(19)8-11/h2-9H,10H2,1H3,(H2,20,22,23,24). The summed E-state index contributed by atoms with van der Waals surface area (Å²) in [6.07, 6.45) is 1.69. The average molecular weight is 327 g/mol. The van der Waals surface area contributed by atoms with Gasteiger partial charge < -0.3 is 10.6 Å². The highest BCUT2D eigenvalue weighted by Gasteiger charge is 2.08. The van der Waals surface area contributed by atoms with Crippen LogP contribution in [0.1, 0.15) is 5.56 Å². The zero-order valence-electron chi connectivity index (χ0n) is 12.9. The van der Waals surface area contributed by atoms with Crippen LogP contribution in [0, 0.1) is 11.6 Å². The summed E-state index contributed by atoms with van der Waals surface area (Å²) >= 11 is 0. The molecule has 2 heterocycles. The van der Waals surface area contributed by atoms with Crippen molar-refractivity contribution in [2.75, 3.05) is 17.7 Å². The van der Waals surface area contributed by atoms with E-state index in [0.717, 1.165) is 12.1 Å². The lowest BCUT2D eigenvalue weighted by Gasteiger charge is -2.10. The van der Waals surface area contributed by atoms with Gasteiger partial charge in [-0.2, -0.15) is 4.98 Å². The molecule has 0 saturated carbocycles. The molecule has 0 unspecified atom stereocenters. The predicted molar refractivity (Wildman–Crippen MR) is 88.5 cm³/mol. The third-order valence-electron chi connectivity index (χ3n) is 3.33. The van der Waals surface area contributed by atoms with Gasteiger partial charge in [0.15, 0.2) is 11.6 Å². The van der Waals surface area contributed by atoms with Crippen LogP contribution in [0.2, 0.25) is 0 Å². The quantitative estimate of drug-likeness (QED) is 0.751. The van der Waals surface area contributed by atoms with Crippen LogP contribution in [0.25, 0.3) is 11.4 Å². The lowest BCUT2D eigenvalue weighted by Crippen LogP contribution is -2.06. The van der Waals surface area contributed by atoms with Crippen LogP contribution >= 0.6 is 0 Å². The molecule has 0 atom stereocenters. The van der Waals surface area contributed by atoms with Gasteiger partial charge in [-0.15, -0.1) is 0 Å². The summed E-state index contributed by atoms with van der Waals surface area (Å²) in [7, 11) is 1.72. The topological polar surface area (TPSA) is 62.7 Å². The second-order valence-electron chi connectivity index (χ2n) is 5.03. The summed E-state index contributed by atoms with van der Waals surface area (Å²) in [4.78, 5) is 12.9. The molecule has 122 valence electrons. The molecule has 0 radical (unpaired) electrons. The van der Waals surface area contributed by atoms with Crippen molar-refractivity contribution in [3.63, 3.8) is 0 Å². The Labute approximate surface area is 137 Å². The first-order valence-corrected chi connectivity index (χ1v) is 7.32. The molecule has 0 fully saturated rings. The number of hydrogen-bond donors (Lipinski definition) is 2. The van der Waals surface area contributed by atoms with E-state index in [0.29, 0.717) is 35.3 Å². The predicted octanol–water partition coefficient (Wildman–Crippen LogP) is 3.47. The van der Waals surface area contributed by atoms with Gasteiger partial charge in [0, 0.05) is 25.9 Å². The van der Waals surface area contributed by atoms with E-state index in [2.05, 4.69) is 25.6 Å². The highest BCUT2D eigenvalue weighted by molar-refractivity contribution is 5.60. The van der Waals surface area contributed by atoms with E-state index in [9.17, 15) is 8.78 Å². The number of aromatic nitrogens is 3. The van der Waals surface area contributed by atoms with Gasteiger partial charge in [0.1, 0.15) is 5.82 Å². The molecule has 7 heteroatoms. The van der Waals surface area contributed by atoms with Crippen molar-refractivity contribution in [3.05, 3.63) is 65.9 Å². The molecule has 3 aromatic rings. The maximum Gasteiger partial charge on any atom is 0.224 e. The number of rotatable bonds is 5. The van der Waals surface area contributed by atoms with Gasteiger partial charge >= 0.3 is 0 Å². The fourth-order valence-corrected chi connectivity index (χ4v) is 2.14. The van der Waals surface area contributed by atoms with E-state index in [1.165, 1.54) is 6.07 Å². The van der Waals surface area contributed by atoms with Crippen LogP contribution < -0.4 is 10.6 Å². The Kier molecular flexibility index (Phi) is 4.60. The van der Waals surface area contributed by atoms with Gasteiger partial charge in [-0.3, -0.25) is 4.98 Å². The molecule has 2 aromatic heterocycles. The number of anilines is 2. The van der Waals surface area contributed by atoms with Crippen LogP contribution in [0.4, 0.5) is 20.5 Å². The van der Waals surface area contributed by atoms with E-state index in [-0.39, 0.29) is 0 Å². The average Bonchev–Trinajstić information content (AvgIpc) is 2.63. The highest BCUT2D eigenvalue weighted by Crippen LogP contribution is 2.20. The number of nitrogens with one attached hydrogen (secondary N) is 2. The van der Waals surface area contributed by atoms with Crippen molar-refractivity contribution >= 4 is 11.8 Å². The Morgan fingerprint density at radius 3 is 2.54 bits per heavy atom. The zero-order chi connectivity index (χ0) is 16.9. The first-order valence-electron chi connectivity index (χ1n) is 7.32. The molecule has 1 aromatic carbocycles.